The Bertz CT molecular complexity index is 626. The van der Waals surface area contributed by atoms with Gasteiger partial charge in [-0.05, 0) is 24.3 Å². The first-order valence-electron chi connectivity index (χ1n) is 6.17. The molecule has 0 N–H and O–H groups in total. The Labute approximate surface area is 121 Å². The van der Waals surface area contributed by atoms with E-state index in [2.05, 4.69) is 9.72 Å². The molecule has 1 aromatic carbocycles. The van der Waals surface area contributed by atoms with Gasteiger partial charge in [-0.3, -0.25) is 4.79 Å². The number of ether oxygens (including phenoxy) is 2. The predicted molar refractivity (Wildman–Crippen MR) is 76.4 cm³/mol. The van der Waals surface area contributed by atoms with Crippen LogP contribution in [0, 0.1) is 0 Å². The van der Waals surface area contributed by atoms with Crippen molar-refractivity contribution in [2.75, 3.05) is 19.1 Å². The van der Waals surface area contributed by atoms with Crippen molar-refractivity contribution < 1.29 is 19.1 Å². The van der Waals surface area contributed by atoms with E-state index in [-0.39, 0.29) is 17.4 Å². The maximum absolute atomic E-state index is 12.3. The molecule has 1 amide bonds. The van der Waals surface area contributed by atoms with Crippen molar-refractivity contribution in [3.8, 4) is 5.75 Å². The van der Waals surface area contributed by atoms with Gasteiger partial charge >= 0.3 is 6.16 Å². The summed E-state index contributed by atoms with van der Waals surface area (Å²) in [6.07, 6.45) is 0.459. The van der Waals surface area contributed by atoms with Crippen LogP contribution in [0.4, 0.5) is 10.5 Å². The quantitative estimate of drug-likeness (QED) is 0.811. The normalized spacial score (nSPS) is 9.81. The number of rotatable bonds is 3. The minimum atomic E-state index is -0.836. The van der Waals surface area contributed by atoms with E-state index in [0.717, 1.165) is 5.69 Å². The van der Waals surface area contributed by atoms with Crippen LogP contribution in [0.2, 0.25) is 0 Å². The van der Waals surface area contributed by atoms with Crippen LogP contribution in [0.1, 0.15) is 10.5 Å². The highest BCUT2D eigenvalue weighted by Gasteiger charge is 2.15. The van der Waals surface area contributed by atoms with Crippen molar-refractivity contribution in [2.24, 2.45) is 0 Å². The van der Waals surface area contributed by atoms with Crippen LogP contribution in [0.25, 0.3) is 0 Å². The summed E-state index contributed by atoms with van der Waals surface area (Å²) in [6, 6.07) is 12.2. The van der Waals surface area contributed by atoms with Gasteiger partial charge in [0.2, 0.25) is 0 Å². The zero-order valence-electron chi connectivity index (χ0n) is 11.6. The fourth-order valence-electron chi connectivity index (χ4n) is 1.65. The third kappa shape index (κ3) is 3.56. The standard InChI is InChI=1S/C15H14N2O4/c1-17(11-6-4-3-5-7-11)14(18)13-9-8-12(10-16-13)21-15(19)20-2/h3-10H,1-2H3. The first-order valence-corrected chi connectivity index (χ1v) is 6.17. The number of carbonyl (C=O) groups excluding carboxylic acids is 2. The van der Waals surface area contributed by atoms with Crippen LogP contribution in [0.5, 0.6) is 5.75 Å². The monoisotopic (exact) mass is 286 g/mol. The highest BCUT2D eigenvalue weighted by atomic mass is 16.7. The Morgan fingerprint density at radius 1 is 1.10 bits per heavy atom. The van der Waals surface area contributed by atoms with Crippen LogP contribution in [-0.2, 0) is 4.74 Å². The molecule has 0 fully saturated rings. The third-order valence-corrected chi connectivity index (χ3v) is 2.77. The Hall–Kier alpha value is -2.89. The molecule has 0 aliphatic carbocycles. The lowest BCUT2D eigenvalue weighted by molar-refractivity contribution is 0.0988. The number of benzene rings is 1. The number of pyridine rings is 1. The third-order valence-electron chi connectivity index (χ3n) is 2.77. The van der Waals surface area contributed by atoms with Crippen molar-refractivity contribution in [1.29, 1.82) is 0 Å². The topological polar surface area (TPSA) is 68.7 Å². The molecule has 0 radical (unpaired) electrons. The average molecular weight is 286 g/mol. The van der Waals surface area contributed by atoms with Crippen LogP contribution in [-0.4, -0.2) is 31.2 Å². The zero-order valence-corrected chi connectivity index (χ0v) is 11.6. The summed E-state index contributed by atoms with van der Waals surface area (Å²) in [6.45, 7) is 0. The number of carbonyl (C=O) groups is 2. The summed E-state index contributed by atoms with van der Waals surface area (Å²) in [5, 5.41) is 0. The van der Waals surface area contributed by atoms with Gasteiger partial charge in [0, 0.05) is 12.7 Å². The molecule has 1 aromatic heterocycles. The molecule has 0 saturated heterocycles. The first kappa shape index (κ1) is 14.5. The van der Waals surface area contributed by atoms with E-state index in [1.807, 2.05) is 30.3 Å². The van der Waals surface area contributed by atoms with Crippen molar-refractivity contribution in [3.63, 3.8) is 0 Å². The summed E-state index contributed by atoms with van der Waals surface area (Å²) in [5.74, 6) is -0.0495. The van der Waals surface area contributed by atoms with Crippen LogP contribution in [0.3, 0.4) is 0 Å². The van der Waals surface area contributed by atoms with Crippen LogP contribution < -0.4 is 9.64 Å². The summed E-state index contributed by atoms with van der Waals surface area (Å²) in [4.78, 5) is 28.7. The predicted octanol–water partition coefficient (Wildman–Crippen LogP) is 2.50. The number of para-hydroxylation sites is 1. The molecule has 0 aliphatic heterocycles. The lowest BCUT2D eigenvalue weighted by Crippen LogP contribution is -2.26. The maximum atomic E-state index is 12.3. The van der Waals surface area contributed by atoms with E-state index in [9.17, 15) is 9.59 Å². The molecule has 0 aliphatic rings. The lowest BCUT2D eigenvalue weighted by atomic mass is 10.2. The second kappa shape index (κ2) is 6.51. The molecule has 2 aromatic rings. The van der Waals surface area contributed by atoms with Crippen molar-refractivity contribution in [3.05, 3.63) is 54.4 Å². The molecule has 6 heteroatoms. The smallest absolute Gasteiger partial charge is 0.437 e. The van der Waals surface area contributed by atoms with E-state index in [4.69, 9.17) is 4.74 Å². The molecule has 0 saturated carbocycles. The van der Waals surface area contributed by atoms with Crippen LogP contribution >= 0.6 is 0 Å². The van der Waals surface area contributed by atoms with Crippen molar-refractivity contribution in [1.82, 2.24) is 4.98 Å². The molecule has 0 atom stereocenters. The number of amides is 1. The zero-order chi connectivity index (χ0) is 15.2. The Morgan fingerprint density at radius 2 is 1.81 bits per heavy atom. The fourth-order valence-corrected chi connectivity index (χ4v) is 1.65. The summed E-state index contributed by atoms with van der Waals surface area (Å²) < 4.78 is 9.16. The van der Waals surface area contributed by atoms with Gasteiger partial charge in [-0.2, -0.15) is 0 Å². The molecule has 2 rings (SSSR count). The number of nitrogens with zero attached hydrogens (tertiary/aromatic N) is 2. The van der Waals surface area contributed by atoms with E-state index in [1.54, 1.807) is 7.05 Å². The van der Waals surface area contributed by atoms with E-state index >= 15 is 0 Å². The Kier molecular flexibility index (Phi) is 4.50. The molecular weight excluding hydrogens is 272 g/mol. The molecule has 1 heterocycles. The molecule has 108 valence electrons. The van der Waals surface area contributed by atoms with Gasteiger partial charge in [-0.1, -0.05) is 18.2 Å². The van der Waals surface area contributed by atoms with Gasteiger partial charge in [0.1, 0.15) is 5.69 Å². The molecule has 0 unspecified atom stereocenters. The van der Waals surface area contributed by atoms with Gasteiger partial charge in [-0.25, -0.2) is 9.78 Å². The van der Waals surface area contributed by atoms with Gasteiger partial charge in [0.25, 0.3) is 5.91 Å². The van der Waals surface area contributed by atoms with Crippen LogP contribution in [0.15, 0.2) is 48.7 Å². The summed E-state index contributed by atoms with van der Waals surface area (Å²) >= 11 is 0. The molecule has 21 heavy (non-hydrogen) atoms. The number of hydrogen-bond donors (Lipinski definition) is 0. The van der Waals surface area contributed by atoms with E-state index in [0.29, 0.717) is 0 Å². The fraction of sp³-hybridized carbons (Fsp3) is 0.133. The second-order valence-corrected chi connectivity index (χ2v) is 4.14. The summed E-state index contributed by atoms with van der Waals surface area (Å²) in [7, 11) is 2.88. The number of hydrogen-bond acceptors (Lipinski definition) is 5. The Balaban J connectivity index is 2.11. The number of aromatic nitrogens is 1. The Morgan fingerprint density at radius 3 is 2.38 bits per heavy atom. The summed E-state index contributed by atoms with van der Waals surface area (Å²) in [5.41, 5.74) is 1.01. The molecule has 6 nitrogen and oxygen atoms in total. The minimum absolute atomic E-state index is 0.209. The second-order valence-electron chi connectivity index (χ2n) is 4.14. The SMILES string of the molecule is COC(=O)Oc1ccc(C(=O)N(C)c2ccccc2)nc1. The minimum Gasteiger partial charge on any atom is -0.437 e. The van der Waals surface area contributed by atoms with E-state index in [1.165, 1.54) is 30.3 Å². The molecular formula is C15H14N2O4. The highest BCUT2D eigenvalue weighted by Crippen LogP contribution is 2.15. The van der Waals surface area contributed by atoms with Crippen molar-refractivity contribution >= 4 is 17.7 Å². The average Bonchev–Trinajstić information content (AvgIpc) is 2.55. The first-order chi connectivity index (χ1) is 10.1. The van der Waals surface area contributed by atoms with Gasteiger partial charge in [-0.15, -0.1) is 0 Å². The molecule has 0 spiro atoms. The number of methoxy groups -OCH3 is 1. The van der Waals surface area contributed by atoms with Gasteiger partial charge in [0.05, 0.1) is 13.3 Å². The van der Waals surface area contributed by atoms with Crippen molar-refractivity contribution in [2.45, 2.75) is 0 Å². The number of anilines is 1. The largest absolute Gasteiger partial charge is 0.513 e. The van der Waals surface area contributed by atoms with Gasteiger partial charge < -0.3 is 14.4 Å². The van der Waals surface area contributed by atoms with E-state index < -0.39 is 6.16 Å². The lowest BCUT2D eigenvalue weighted by Gasteiger charge is -2.16. The molecule has 0 bridgehead atoms. The van der Waals surface area contributed by atoms with Gasteiger partial charge in [0.15, 0.2) is 5.75 Å². The maximum Gasteiger partial charge on any atom is 0.513 e. The highest BCUT2D eigenvalue weighted by molar-refractivity contribution is 6.04.